The van der Waals surface area contributed by atoms with E-state index in [9.17, 15) is 9.59 Å². The molecule has 154 valence electrons. The molecular weight excluding hydrogens is 388 g/mol. The molecule has 2 N–H and O–H groups in total. The van der Waals surface area contributed by atoms with Gasteiger partial charge in [0.05, 0.1) is 18.8 Å². The number of amides is 2. The number of hydrogen-bond donors (Lipinski definition) is 2. The van der Waals surface area contributed by atoms with E-state index in [1.165, 1.54) is 16.2 Å². The Bertz CT molecular complexity index is 902. The van der Waals surface area contributed by atoms with E-state index in [0.29, 0.717) is 28.4 Å². The maximum Gasteiger partial charge on any atom is 0.256 e. The average molecular weight is 415 g/mol. The Morgan fingerprint density at radius 3 is 2.86 bits per heavy atom. The summed E-state index contributed by atoms with van der Waals surface area (Å²) in [5, 5.41) is 6.63. The summed E-state index contributed by atoms with van der Waals surface area (Å²) >= 11 is 1.53. The van der Waals surface area contributed by atoms with Crippen molar-refractivity contribution in [3.63, 3.8) is 0 Å². The third kappa shape index (κ3) is 4.46. The van der Waals surface area contributed by atoms with E-state index < -0.39 is 0 Å². The molecule has 1 saturated heterocycles. The first-order valence-electron chi connectivity index (χ1n) is 10.2. The third-order valence-corrected chi connectivity index (χ3v) is 6.68. The lowest BCUT2D eigenvalue weighted by atomic mass is 9.95. The van der Waals surface area contributed by atoms with Crippen molar-refractivity contribution in [3.05, 3.63) is 45.8 Å². The highest BCUT2D eigenvalue weighted by Gasteiger charge is 2.27. The molecule has 1 aromatic heterocycles. The van der Waals surface area contributed by atoms with Gasteiger partial charge in [-0.3, -0.25) is 9.59 Å². The molecular formula is C22H26N2O4S. The largest absolute Gasteiger partial charge is 0.497 e. The van der Waals surface area contributed by atoms with E-state index in [-0.39, 0.29) is 17.9 Å². The highest BCUT2D eigenvalue weighted by Crippen LogP contribution is 2.38. The standard InChI is InChI=1S/C22H26N2O4S/c1-27-15-7-4-6-14(12-15)20(25)24-22-19(17-9-2-3-10-18(17)29-22)21(26)23-13-16-8-5-11-28-16/h4,6-7,12,16H,2-3,5,8-11,13H2,1H3,(H,23,26)(H,24,25)/t16-/m1/s1. The van der Waals surface area contributed by atoms with Gasteiger partial charge in [-0.05, 0) is 62.3 Å². The lowest BCUT2D eigenvalue weighted by Crippen LogP contribution is -2.32. The molecule has 1 aliphatic heterocycles. The molecule has 0 spiro atoms. The summed E-state index contributed by atoms with van der Waals surface area (Å²) in [6, 6.07) is 7.01. The number of rotatable bonds is 6. The summed E-state index contributed by atoms with van der Waals surface area (Å²) in [6.07, 6.45) is 6.12. The summed E-state index contributed by atoms with van der Waals surface area (Å²) in [4.78, 5) is 27.1. The van der Waals surface area contributed by atoms with Gasteiger partial charge >= 0.3 is 0 Å². The number of aryl methyl sites for hydroxylation is 1. The zero-order chi connectivity index (χ0) is 20.2. The van der Waals surface area contributed by atoms with Gasteiger partial charge in [0.1, 0.15) is 10.8 Å². The van der Waals surface area contributed by atoms with E-state index in [2.05, 4.69) is 10.6 Å². The van der Waals surface area contributed by atoms with Crippen LogP contribution in [0.2, 0.25) is 0 Å². The lowest BCUT2D eigenvalue weighted by molar-refractivity contribution is 0.0858. The highest BCUT2D eigenvalue weighted by atomic mass is 32.1. The second-order valence-corrected chi connectivity index (χ2v) is 8.55. The molecule has 1 atom stereocenters. The average Bonchev–Trinajstić information content (AvgIpc) is 3.39. The quantitative estimate of drug-likeness (QED) is 0.754. The third-order valence-electron chi connectivity index (χ3n) is 5.47. The molecule has 29 heavy (non-hydrogen) atoms. The number of carbonyl (C=O) groups is 2. The summed E-state index contributed by atoms with van der Waals surface area (Å²) in [7, 11) is 1.57. The normalized spacial score (nSPS) is 18.2. The van der Waals surface area contributed by atoms with Crippen LogP contribution in [0.1, 0.15) is 56.8 Å². The van der Waals surface area contributed by atoms with Crippen LogP contribution in [0.5, 0.6) is 5.75 Å². The minimum atomic E-state index is -0.240. The van der Waals surface area contributed by atoms with Crippen molar-refractivity contribution < 1.29 is 19.1 Å². The predicted molar refractivity (Wildman–Crippen MR) is 113 cm³/mol. The van der Waals surface area contributed by atoms with Crippen molar-refractivity contribution in [1.29, 1.82) is 0 Å². The summed E-state index contributed by atoms with van der Waals surface area (Å²) in [6.45, 7) is 1.27. The Balaban J connectivity index is 1.56. The molecule has 0 bridgehead atoms. The molecule has 1 aromatic carbocycles. The maximum atomic E-state index is 13.0. The molecule has 1 aliphatic carbocycles. The molecule has 7 heteroatoms. The number of carbonyl (C=O) groups excluding carboxylic acids is 2. The fourth-order valence-electron chi connectivity index (χ4n) is 3.93. The minimum Gasteiger partial charge on any atom is -0.497 e. The molecule has 4 rings (SSSR count). The fourth-order valence-corrected chi connectivity index (χ4v) is 5.22. The van der Waals surface area contributed by atoms with Crippen LogP contribution < -0.4 is 15.4 Å². The van der Waals surface area contributed by atoms with Crippen LogP contribution in [0.15, 0.2) is 24.3 Å². The van der Waals surface area contributed by atoms with Crippen LogP contribution in [0.4, 0.5) is 5.00 Å². The first-order valence-corrected chi connectivity index (χ1v) is 11.0. The van der Waals surface area contributed by atoms with E-state index in [1.54, 1.807) is 31.4 Å². The highest BCUT2D eigenvalue weighted by molar-refractivity contribution is 7.17. The molecule has 0 radical (unpaired) electrons. The summed E-state index contributed by atoms with van der Waals surface area (Å²) < 4.78 is 10.8. The Kier molecular flexibility index (Phi) is 6.16. The first-order chi connectivity index (χ1) is 14.2. The van der Waals surface area contributed by atoms with Gasteiger partial charge in [-0.1, -0.05) is 6.07 Å². The number of methoxy groups -OCH3 is 1. The molecule has 1 fully saturated rings. The zero-order valence-corrected chi connectivity index (χ0v) is 17.4. The molecule has 2 heterocycles. The van der Waals surface area contributed by atoms with Crippen LogP contribution in [0.3, 0.4) is 0 Å². The van der Waals surface area contributed by atoms with Crippen molar-refractivity contribution >= 4 is 28.2 Å². The molecule has 2 amide bonds. The number of nitrogens with one attached hydrogen (secondary N) is 2. The van der Waals surface area contributed by atoms with Gasteiger partial charge in [0, 0.05) is 23.6 Å². The zero-order valence-electron chi connectivity index (χ0n) is 16.6. The number of anilines is 1. The maximum absolute atomic E-state index is 13.0. The van der Waals surface area contributed by atoms with Crippen molar-refractivity contribution in [3.8, 4) is 5.75 Å². The smallest absolute Gasteiger partial charge is 0.256 e. The van der Waals surface area contributed by atoms with Gasteiger partial charge in [0.2, 0.25) is 0 Å². The topological polar surface area (TPSA) is 76.7 Å². The number of hydrogen-bond acceptors (Lipinski definition) is 5. The Morgan fingerprint density at radius 2 is 2.07 bits per heavy atom. The van der Waals surface area contributed by atoms with Crippen molar-refractivity contribution in [2.24, 2.45) is 0 Å². The Hall–Kier alpha value is -2.38. The molecule has 6 nitrogen and oxygen atoms in total. The minimum absolute atomic E-state index is 0.0863. The van der Waals surface area contributed by atoms with Crippen LogP contribution >= 0.6 is 11.3 Å². The number of thiophene rings is 1. The van der Waals surface area contributed by atoms with Crippen LogP contribution in [-0.2, 0) is 17.6 Å². The number of ether oxygens (including phenoxy) is 2. The van der Waals surface area contributed by atoms with Gasteiger partial charge in [-0.2, -0.15) is 0 Å². The number of benzene rings is 1. The summed E-state index contributed by atoms with van der Waals surface area (Å²) in [5.41, 5.74) is 2.22. The second kappa shape index (κ2) is 8.97. The summed E-state index contributed by atoms with van der Waals surface area (Å²) in [5.74, 6) is 0.258. The van der Waals surface area contributed by atoms with E-state index >= 15 is 0 Å². The van der Waals surface area contributed by atoms with Crippen molar-refractivity contribution in [2.75, 3.05) is 25.6 Å². The van der Waals surface area contributed by atoms with E-state index in [4.69, 9.17) is 9.47 Å². The van der Waals surface area contributed by atoms with Gasteiger partial charge in [-0.15, -0.1) is 11.3 Å². The van der Waals surface area contributed by atoms with E-state index in [1.807, 2.05) is 0 Å². The SMILES string of the molecule is COc1cccc(C(=O)Nc2sc3c(c2C(=O)NC[C@H]2CCCO2)CCCC3)c1. The second-order valence-electron chi connectivity index (χ2n) is 7.45. The molecule has 2 aromatic rings. The van der Waals surface area contributed by atoms with Gasteiger partial charge in [0.15, 0.2) is 0 Å². The van der Waals surface area contributed by atoms with Gasteiger partial charge in [-0.25, -0.2) is 0 Å². The predicted octanol–water partition coefficient (Wildman–Crippen LogP) is 3.80. The molecule has 2 aliphatic rings. The lowest BCUT2D eigenvalue weighted by Gasteiger charge is -2.15. The molecule has 0 unspecified atom stereocenters. The van der Waals surface area contributed by atoms with E-state index in [0.717, 1.165) is 50.7 Å². The Morgan fingerprint density at radius 1 is 1.21 bits per heavy atom. The Labute approximate surface area is 174 Å². The first kappa shape index (κ1) is 19.9. The van der Waals surface area contributed by atoms with Gasteiger partial charge < -0.3 is 20.1 Å². The fraction of sp³-hybridized carbons (Fsp3) is 0.455. The van der Waals surface area contributed by atoms with Crippen molar-refractivity contribution in [1.82, 2.24) is 5.32 Å². The van der Waals surface area contributed by atoms with Crippen LogP contribution in [-0.4, -0.2) is 38.2 Å². The molecule has 0 saturated carbocycles. The van der Waals surface area contributed by atoms with Crippen LogP contribution in [0.25, 0.3) is 0 Å². The van der Waals surface area contributed by atoms with Gasteiger partial charge in [0.25, 0.3) is 11.8 Å². The van der Waals surface area contributed by atoms with Crippen LogP contribution in [0, 0.1) is 0 Å². The van der Waals surface area contributed by atoms with Crippen molar-refractivity contribution in [2.45, 2.75) is 44.6 Å². The monoisotopic (exact) mass is 414 g/mol. The number of fused-ring (bicyclic) bond motifs is 1.